The van der Waals surface area contributed by atoms with Crippen molar-refractivity contribution in [3.8, 4) is 0 Å². The maximum absolute atomic E-state index is 6.00. The maximum Gasteiger partial charge on any atom is 0.123 e. The Morgan fingerprint density at radius 3 is 2.20 bits per heavy atom. The van der Waals surface area contributed by atoms with E-state index < -0.39 is 0 Å². The molecule has 0 amide bonds. The summed E-state index contributed by atoms with van der Waals surface area (Å²) in [5.74, 6) is 0.683. The van der Waals surface area contributed by atoms with Crippen LogP contribution >= 0.6 is 15.9 Å². The zero-order chi connectivity index (χ0) is 11.7. The fraction of sp³-hybridized carbons (Fsp3) is 1.00. The molecule has 0 saturated heterocycles. The van der Waals surface area contributed by atoms with E-state index in [0.29, 0.717) is 5.92 Å². The van der Waals surface area contributed by atoms with E-state index >= 15 is 0 Å². The summed E-state index contributed by atoms with van der Waals surface area (Å²) in [6.45, 7) is 9.83. The number of halogens is 1. The van der Waals surface area contributed by atoms with Crippen LogP contribution in [0.5, 0.6) is 0 Å². The third-order valence-corrected chi connectivity index (χ3v) is 3.42. The van der Waals surface area contributed by atoms with Gasteiger partial charge in [0.05, 0.1) is 0 Å². The Labute approximate surface area is 104 Å². The van der Waals surface area contributed by atoms with Crippen molar-refractivity contribution < 1.29 is 4.74 Å². The molecule has 1 unspecified atom stereocenters. The lowest BCUT2D eigenvalue weighted by Gasteiger charge is -2.29. The fourth-order valence-electron chi connectivity index (χ4n) is 1.68. The lowest BCUT2D eigenvalue weighted by atomic mass is 10.0. The van der Waals surface area contributed by atoms with E-state index in [2.05, 4.69) is 43.6 Å². The lowest BCUT2D eigenvalue weighted by molar-refractivity contribution is 0.00853. The summed E-state index contributed by atoms with van der Waals surface area (Å²) < 4.78 is 5.94. The molecule has 0 rings (SSSR count). The van der Waals surface area contributed by atoms with E-state index in [1.165, 1.54) is 19.3 Å². The summed E-state index contributed by atoms with van der Waals surface area (Å²) in [6, 6.07) is 0. The normalized spacial score (nSPS) is 15.6. The second kappa shape index (κ2) is 8.58. The second-order valence-electron chi connectivity index (χ2n) is 4.79. The van der Waals surface area contributed by atoms with Crippen LogP contribution in [0.25, 0.3) is 0 Å². The van der Waals surface area contributed by atoms with Crippen LogP contribution in [0.3, 0.4) is 0 Å². The van der Waals surface area contributed by atoms with Crippen LogP contribution in [-0.4, -0.2) is 11.1 Å². The van der Waals surface area contributed by atoms with Crippen LogP contribution in [0.15, 0.2) is 0 Å². The van der Waals surface area contributed by atoms with Crippen molar-refractivity contribution in [2.45, 2.75) is 70.7 Å². The number of hydrogen-bond acceptors (Lipinski definition) is 1. The van der Waals surface area contributed by atoms with Gasteiger partial charge in [0.15, 0.2) is 0 Å². The first-order valence-corrected chi connectivity index (χ1v) is 7.16. The average molecular weight is 279 g/mol. The van der Waals surface area contributed by atoms with Gasteiger partial charge in [-0.1, -0.05) is 56.5 Å². The van der Waals surface area contributed by atoms with Gasteiger partial charge in [-0.2, -0.15) is 0 Å². The predicted molar refractivity (Wildman–Crippen MR) is 71.5 cm³/mol. The third-order valence-electron chi connectivity index (χ3n) is 2.48. The van der Waals surface area contributed by atoms with Crippen molar-refractivity contribution in [3.63, 3.8) is 0 Å². The molecule has 2 heteroatoms. The monoisotopic (exact) mass is 278 g/mol. The Balaban J connectivity index is 4.01. The SMILES string of the molecule is CCCCOC(Br)(CCCC)CC(C)C. The fourth-order valence-corrected chi connectivity index (χ4v) is 2.77. The van der Waals surface area contributed by atoms with E-state index in [4.69, 9.17) is 4.74 Å². The third kappa shape index (κ3) is 8.27. The highest BCUT2D eigenvalue weighted by Crippen LogP contribution is 2.33. The number of ether oxygens (including phenoxy) is 1. The van der Waals surface area contributed by atoms with Gasteiger partial charge in [-0.15, -0.1) is 0 Å². The van der Waals surface area contributed by atoms with Gasteiger partial charge in [0.25, 0.3) is 0 Å². The van der Waals surface area contributed by atoms with Crippen LogP contribution in [0.1, 0.15) is 66.2 Å². The van der Waals surface area contributed by atoms with Gasteiger partial charge in [-0.25, -0.2) is 0 Å². The smallest absolute Gasteiger partial charge is 0.123 e. The number of hydrogen-bond donors (Lipinski definition) is 0. The Kier molecular flexibility index (Phi) is 8.83. The first-order valence-electron chi connectivity index (χ1n) is 6.37. The van der Waals surface area contributed by atoms with Gasteiger partial charge in [0, 0.05) is 6.61 Å². The molecule has 0 radical (unpaired) electrons. The molecule has 0 aromatic heterocycles. The highest BCUT2D eigenvalue weighted by molar-refractivity contribution is 9.10. The molecule has 0 aliphatic heterocycles. The average Bonchev–Trinajstić information content (AvgIpc) is 2.14. The molecule has 0 aliphatic rings. The molecule has 0 fully saturated rings. The largest absolute Gasteiger partial charge is 0.364 e. The number of unbranched alkanes of at least 4 members (excludes halogenated alkanes) is 2. The molecule has 0 saturated carbocycles. The maximum atomic E-state index is 6.00. The summed E-state index contributed by atoms with van der Waals surface area (Å²) >= 11 is 3.80. The Hall–Kier alpha value is 0.440. The molecule has 92 valence electrons. The first-order chi connectivity index (χ1) is 7.04. The molecule has 0 N–H and O–H groups in total. The Bertz CT molecular complexity index is 147. The van der Waals surface area contributed by atoms with E-state index in [-0.39, 0.29) is 4.51 Å². The van der Waals surface area contributed by atoms with Crippen molar-refractivity contribution in [3.05, 3.63) is 0 Å². The zero-order valence-electron chi connectivity index (χ0n) is 10.8. The molecular weight excluding hydrogens is 252 g/mol. The van der Waals surface area contributed by atoms with Crippen molar-refractivity contribution in [1.82, 2.24) is 0 Å². The summed E-state index contributed by atoms with van der Waals surface area (Å²) in [5.41, 5.74) is 0. The Morgan fingerprint density at radius 1 is 1.13 bits per heavy atom. The van der Waals surface area contributed by atoms with Gasteiger partial charge in [-0.3, -0.25) is 0 Å². The molecule has 0 aromatic carbocycles. The van der Waals surface area contributed by atoms with Crippen molar-refractivity contribution in [1.29, 1.82) is 0 Å². The molecule has 15 heavy (non-hydrogen) atoms. The van der Waals surface area contributed by atoms with Crippen LogP contribution in [0.2, 0.25) is 0 Å². The van der Waals surface area contributed by atoms with Crippen molar-refractivity contribution in [2.75, 3.05) is 6.61 Å². The van der Waals surface area contributed by atoms with Gasteiger partial charge < -0.3 is 4.74 Å². The molecule has 1 nitrogen and oxygen atoms in total. The van der Waals surface area contributed by atoms with Crippen molar-refractivity contribution in [2.24, 2.45) is 5.92 Å². The molecule has 0 aromatic rings. The molecule has 0 spiro atoms. The number of alkyl halides is 1. The number of rotatable bonds is 9. The van der Waals surface area contributed by atoms with Crippen molar-refractivity contribution >= 4 is 15.9 Å². The van der Waals surface area contributed by atoms with Gasteiger partial charge >= 0.3 is 0 Å². The highest BCUT2D eigenvalue weighted by atomic mass is 79.9. The van der Waals surface area contributed by atoms with Crippen LogP contribution in [0, 0.1) is 5.92 Å². The molecule has 0 aliphatic carbocycles. The Morgan fingerprint density at radius 2 is 1.73 bits per heavy atom. The molecular formula is C13H27BrO. The molecule has 0 bridgehead atoms. The summed E-state index contributed by atoms with van der Waals surface area (Å²) in [7, 11) is 0. The first kappa shape index (κ1) is 15.4. The van der Waals surface area contributed by atoms with Crippen LogP contribution < -0.4 is 0 Å². The second-order valence-corrected chi connectivity index (χ2v) is 6.23. The molecule has 1 atom stereocenters. The van der Waals surface area contributed by atoms with Crippen LogP contribution in [0.4, 0.5) is 0 Å². The minimum atomic E-state index is -0.0631. The van der Waals surface area contributed by atoms with Gasteiger partial charge in [-0.05, 0) is 31.6 Å². The molecule has 0 heterocycles. The van der Waals surface area contributed by atoms with E-state index in [1.807, 2.05) is 0 Å². The minimum Gasteiger partial charge on any atom is -0.364 e. The van der Waals surface area contributed by atoms with E-state index in [0.717, 1.165) is 25.9 Å². The summed E-state index contributed by atoms with van der Waals surface area (Å²) in [5, 5.41) is 0. The van der Waals surface area contributed by atoms with Crippen LogP contribution in [-0.2, 0) is 4.74 Å². The zero-order valence-corrected chi connectivity index (χ0v) is 12.4. The van der Waals surface area contributed by atoms with Gasteiger partial charge in [0.2, 0.25) is 0 Å². The van der Waals surface area contributed by atoms with E-state index in [9.17, 15) is 0 Å². The topological polar surface area (TPSA) is 9.23 Å². The lowest BCUT2D eigenvalue weighted by Crippen LogP contribution is -2.27. The minimum absolute atomic E-state index is 0.0631. The predicted octanol–water partition coefficient (Wildman–Crippen LogP) is 5.13. The quantitative estimate of drug-likeness (QED) is 0.420. The highest BCUT2D eigenvalue weighted by Gasteiger charge is 2.27. The van der Waals surface area contributed by atoms with Gasteiger partial charge in [0.1, 0.15) is 4.51 Å². The summed E-state index contributed by atoms with van der Waals surface area (Å²) in [6.07, 6.45) is 7.09. The standard InChI is InChI=1S/C13H27BrO/c1-5-7-9-13(14,11-12(3)4)15-10-8-6-2/h12H,5-11H2,1-4H3. The van der Waals surface area contributed by atoms with E-state index in [1.54, 1.807) is 0 Å². The summed E-state index contributed by atoms with van der Waals surface area (Å²) in [4.78, 5) is 0.